The highest BCUT2D eigenvalue weighted by atomic mass is 79.9. The number of carboxylic acid groups (broad SMARTS) is 1. The number of pyridine rings is 1. The van der Waals surface area contributed by atoms with Crippen molar-refractivity contribution in [3.63, 3.8) is 0 Å². The summed E-state index contributed by atoms with van der Waals surface area (Å²) in [6.07, 6.45) is 1.91. The number of imidazole rings is 1. The van der Waals surface area contributed by atoms with Crippen LogP contribution in [-0.2, 0) is 0 Å². The summed E-state index contributed by atoms with van der Waals surface area (Å²) < 4.78 is 2.80. The molecule has 0 aliphatic rings. The highest BCUT2D eigenvalue weighted by molar-refractivity contribution is 9.10. The van der Waals surface area contributed by atoms with Crippen LogP contribution in [0.5, 0.6) is 0 Å². The van der Waals surface area contributed by atoms with Crippen molar-refractivity contribution in [2.24, 2.45) is 0 Å². The molecule has 0 amide bonds. The van der Waals surface area contributed by atoms with Crippen molar-refractivity contribution in [1.82, 2.24) is 9.38 Å². The van der Waals surface area contributed by atoms with Gasteiger partial charge in [-0.05, 0) is 30.2 Å². The predicted octanol–water partition coefficient (Wildman–Crippen LogP) is 3.77. The SMILES string of the molecule is Cc1nc(C(=O)O)c2ccc(-c3ccccc3Br)cn12. The number of fused-ring (bicyclic) bond motifs is 1. The Morgan fingerprint density at radius 1 is 1.25 bits per heavy atom. The van der Waals surface area contributed by atoms with Crippen molar-refractivity contribution >= 4 is 27.4 Å². The lowest BCUT2D eigenvalue weighted by Gasteiger charge is -2.06. The Morgan fingerprint density at radius 2 is 2.00 bits per heavy atom. The van der Waals surface area contributed by atoms with Gasteiger partial charge in [-0.2, -0.15) is 0 Å². The lowest BCUT2D eigenvalue weighted by Crippen LogP contribution is -1.97. The monoisotopic (exact) mass is 330 g/mol. The second-order valence-electron chi connectivity index (χ2n) is 4.47. The first-order valence-corrected chi connectivity index (χ1v) is 6.84. The molecular weight excluding hydrogens is 320 g/mol. The zero-order valence-corrected chi connectivity index (χ0v) is 12.3. The Labute approximate surface area is 123 Å². The Bertz CT molecular complexity index is 824. The molecule has 0 bridgehead atoms. The van der Waals surface area contributed by atoms with Crippen LogP contribution in [0.1, 0.15) is 16.3 Å². The Kier molecular flexibility index (Phi) is 3.06. The molecule has 0 aliphatic carbocycles. The van der Waals surface area contributed by atoms with Gasteiger partial charge >= 0.3 is 5.97 Å². The van der Waals surface area contributed by atoms with E-state index < -0.39 is 5.97 Å². The molecule has 2 aromatic heterocycles. The Balaban J connectivity index is 2.24. The van der Waals surface area contributed by atoms with Gasteiger partial charge in [0.25, 0.3) is 0 Å². The molecule has 3 aromatic rings. The molecule has 0 saturated carbocycles. The number of rotatable bonds is 2. The molecule has 1 N–H and O–H groups in total. The summed E-state index contributed by atoms with van der Waals surface area (Å²) in [5.41, 5.74) is 2.74. The molecule has 0 aliphatic heterocycles. The number of carbonyl (C=O) groups is 1. The van der Waals surface area contributed by atoms with Crippen molar-refractivity contribution in [3.8, 4) is 11.1 Å². The van der Waals surface area contributed by atoms with Crippen LogP contribution in [0, 0.1) is 6.92 Å². The first-order chi connectivity index (χ1) is 9.58. The van der Waals surface area contributed by atoms with Crippen LogP contribution in [0.2, 0.25) is 0 Å². The van der Waals surface area contributed by atoms with Gasteiger partial charge in [0.1, 0.15) is 5.82 Å². The number of aryl methyl sites for hydroxylation is 1. The van der Waals surface area contributed by atoms with E-state index in [2.05, 4.69) is 20.9 Å². The number of carboxylic acids is 1. The number of benzene rings is 1. The number of halogens is 1. The first-order valence-electron chi connectivity index (χ1n) is 6.05. The molecule has 2 heterocycles. The highest BCUT2D eigenvalue weighted by Gasteiger charge is 2.15. The van der Waals surface area contributed by atoms with Crippen molar-refractivity contribution in [1.29, 1.82) is 0 Å². The van der Waals surface area contributed by atoms with Crippen LogP contribution < -0.4 is 0 Å². The molecule has 100 valence electrons. The Morgan fingerprint density at radius 3 is 2.70 bits per heavy atom. The largest absolute Gasteiger partial charge is 0.476 e. The first kappa shape index (κ1) is 12.9. The molecule has 0 spiro atoms. The molecule has 4 nitrogen and oxygen atoms in total. The van der Waals surface area contributed by atoms with Crippen molar-refractivity contribution < 1.29 is 9.90 Å². The van der Waals surface area contributed by atoms with Crippen LogP contribution in [-0.4, -0.2) is 20.5 Å². The fourth-order valence-corrected chi connectivity index (χ4v) is 2.76. The van der Waals surface area contributed by atoms with E-state index in [9.17, 15) is 4.79 Å². The lowest BCUT2D eigenvalue weighted by atomic mass is 10.1. The van der Waals surface area contributed by atoms with Gasteiger partial charge in [-0.3, -0.25) is 0 Å². The van der Waals surface area contributed by atoms with Gasteiger partial charge in [0.15, 0.2) is 5.69 Å². The van der Waals surface area contributed by atoms with Gasteiger partial charge in [0.05, 0.1) is 5.52 Å². The number of hydrogen-bond acceptors (Lipinski definition) is 2. The minimum atomic E-state index is -1.01. The van der Waals surface area contributed by atoms with E-state index in [-0.39, 0.29) is 5.69 Å². The molecular formula is C15H11BrN2O2. The highest BCUT2D eigenvalue weighted by Crippen LogP contribution is 2.28. The number of hydrogen-bond donors (Lipinski definition) is 1. The molecule has 0 radical (unpaired) electrons. The second kappa shape index (κ2) is 4.76. The van der Waals surface area contributed by atoms with E-state index in [0.717, 1.165) is 15.6 Å². The van der Waals surface area contributed by atoms with Gasteiger partial charge < -0.3 is 9.51 Å². The number of aromatic nitrogens is 2. The predicted molar refractivity (Wildman–Crippen MR) is 80.0 cm³/mol. The fraction of sp³-hybridized carbons (Fsp3) is 0.0667. The summed E-state index contributed by atoms with van der Waals surface area (Å²) >= 11 is 3.52. The van der Waals surface area contributed by atoms with E-state index in [4.69, 9.17) is 5.11 Å². The van der Waals surface area contributed by atoms with E-state index in [1.54, 1.807) is 17.4 Å². The van der Waals surface area contributed by atoms with Gasteiger partial charge in [-0.15, -0.1) is 0 Å². The summed E-state index contributed by atoms with van der Waals surface area (Å²) in [6.45, 7) is 1.79. The van der Waals surface area contributed by atoms with Crippen LogP contribution in [0.4, 0.5) is 0 Å². The van der Waals surface area contributed by atoms with Crippen molar-refractivity contribution in [2.75, 3.05) is 0 Å². The maximum absolute atomic E-state index is 11.2. The minimum Gasteiger partial charge on any atom is -0.476 e. The summed E-state index contributed by atoms with van der Waals surface area (Å²) in [6, 6.07) is 11.6. The molecule has 3 rings (SSSR count). The zero-order valence-electron chi connectivity index (χ0n) is 10.7. The Hall–Kier alpha value is -2.14. The van der Waals surface area contributed by atoms with E-state index in [1.807, 2.05) is 36.5 Å². The molecule has 0 fully saturated rings. The van der Waals surface area contributed by atoms with Crippen molar-refractivity contribution in [3.05, 3.63) is 58.6 Å². The normalized spacial score (nSPS) is 10.9. The standard InChI is InChI=1S/C15H11BrN2O2/c1-9-17-14(15(19)20)13-7-6-10(8-18(9)13)11-4-2-3-5-12(11)16/h2-8H,1H3,(H,19,20). The zero-order chi connectivity index (χ0) is 14.3. The maximum Gasteiger partial charge on any atom is 0.356 e. The molecule has 0 saturated heterocycles. The third-order valence-corrected chi connectivity index (χ3v) is 3.89. The average Bonchev–Trinajstić information content (AvgIpc) is 2.76. The quantitative estimate of drug-likeness (QED) is 0.778. The second-order valence-corrected chi connectivity index (χ2v) is 5.32. The lowest BCUT2D eigenvalue weighted by molar-refractivity contribution is 0.0693. The molecule has 20 heavy (non-hydrogen) atoms. The third-order valence-electron chi connectivity index (χ3n) is 3.20. The van der Waals surface area contributed by atoms with E-state index in [0.29, 0.717) is 11.3 Å². The van der Waals surface area contributed by atoms with Gasteiger partial charge in [0, 0.05) is 10.7 Å². The topological polar surface area (TPSA) is 54.6 Å². The maximum atomic E-state index is 11.2. The summed E-state index contributed by atoms with van der Waals surface area (Å²) in [5.74, 6) is -0.351. The van der Waals surface area contributed by atoms with E-state index in [1.165, 1.54) is 0 Å². The van der Waals surface area contributed by atoms with E-state index >= 15 is 0 Å². The summed E-state index contributed by atoms with van der Waals surface area (Å²) in [4.78, 5) is 15.3. The molecule has 0 unspecified atom stereocenters. The fourth-order valence-electron chi connectivity index (χ4n) is 2.25. The molecule has 0 atom stereocenters. The number of aromatic carboxylic acids is 1. The van der Waals surface area contributed by atoms with Crippen LogP contribution in [0.3, 0.4) is 0 Å². The van der Waals surface area contributed by atoms with Gasteiger partial charge in [0.2, 0.25) is 0 Å². The van der Waals surface area contributed by atoms with Crippen LogP contribution in [0.25, 0.3) is 16.6 Å². The molecule has 1 aromatic carbocycles. The van der Waals surface area contributed by atoms with Gasteiger partial charge in [-0.25, -0.2) is 9.78 Å². The molecule has 5 heteroatoms. The minimum absolute atomic E-state index is 0.0844. The average molecular weight is 331 g/mol. The smallest absolute Gasteiger partial charge is 0.356 e. The van der Waals surface area contributed by atoms with Gasteiger partial charge in [-0.1, -0.05) is 40.2 Å². The van der Waals surface area contributed by atoms with Crippen LogP contribution >= 0.6 is 15.9 Å². The van der Waals surface area contributed by atoms with Crippen molar-refractivity contribution in [2.45, 2.75) is 6.92 Å². The summed E-state index contributed by atoms with van der Waals surface area (Å²) in [5, 5.41) is 9.14. The summed E-state index contributed by atoms with van der Waals surface area (Å²) in [7, 11) is 0. The third kappa shape index (κ3) is 2.00. The number of nitrogens with zero attached hydrogens (tertiary/aromatic N) is 2. The van der Waals surface area contributed by atoms with Crippen LogP contribution in [0.15, 0.2) is 47.1 Å².